The van der Waals surface area contributed by atoms with Gasteiger partial charge in [-0.05, 0) is 38.0 Å². The van der Waals surface area contributed by atoms with E-state index < -0.39 is 6.04 Å². The predicted molar refractivity (Wildman–Crippen MR) is 124 cm³/mol. The first-order chi connectivity index (χ1) is 13.4. The highest BCUT2D eigenvalue weighted by atomic mass is 35.5. The van der Waals surface area contributed by atoms with E-state index in [1.54, 1.807) is 6.20 Å². The van der Waals surface area contributed by atoms with E-state index >= 15 is 0 Å². The smallest absolute Gasteiger partial charge is 0.239 e. The zero-order chi connectivity index (χ0) is 20.1. The first-order valence-electron chi connectivity index (χ1n) is 9.44. The molecule has 1 aliphatic heterocycles. The average molecular weight is 477 g/mol. The average Bonchev–Trinajstić information content (AvgIpc) is 2.69. The quantitative estimate of drug-likeness (QED) is 0.690. The fraction of sp³-hybridized carbons (Fsp3) is 0.450. The number of nitrogens with zero attached hydrogens (tertiary/aromatic N) is 4. The summed E-state index contributed by atoms with van der Waals surface area (Å²) in [6.07, 6.45) is 3.73. The molecule has 30 heavy (non-hydrogen) atoms. The Morgan fingerprint density at radius 1 is 1.17 bits per heavy atom. The highest BCUT2D eigenvalue weighted by Crippen LogP contribution is 2.26. The van der Waals surface area contributed by atoms with Gasteiger partial charge in [0.15, 0.2) is 11.6 Å². The Labute approximate surface area is 194 Å². The number of benzene rings is 1. The summed E-state index contributed by atoms with van der Waals surface area (Å²) < 4.78 is 5.81. The lowest BCUT2D eigenvalue weighted by atomic mass is 10.1. The zero-order valence-electron chi connectivity index (χ0n) is 17.0. The van der Waals surface area contributed by atoms with Crippen molar-refractivity contribution in [3.05, 3.63) is 47.4 Å². The SMILES string of the molecule is CC(C)Oc1cncnc1N1CCN(C(=O)[C@H](N)Cc2ccc(Cl)cc2)CC1.Cl.Cl. The third-order valence-corrected chi connectivity index (χ3v) is 4.85. The van der Waals surface area contributed by atoms with Gasteiger partial charge in [0.25, 0.3) is 0 Å². The van der Waals surface area contributed by atoms with Crippen LogP contribution in [0, 0.1) is 0 Å². The van der Waals surface area contributed by atoms with Crippen molar-refractivity contribution in [3.8, 4) is 5.75 Å². The van der Waals surface area contributed by atoms with Crippen LogP contribution in [0.2, 0.25) is 5.02 Å². The Balaban J connectivity index is 0.00000225. The zero-order valence-corrected chi connectivity index (χ0v) is 19.4. The van der Waals surface area contributed by atoms with Crippen LogP contribution >= 0.6 is 36.4 Å². The lowest BCUT2D eigenvalue weighted by molar-refractivity contribution is -0.132. The number of piperazine rings is 1. The van der Waals surface area contributed by atoms with Crippen LogP contribution in [0.5, 0.6) is 5.75 Å². The summed E-state index contributed by atoms with van der Waals surface area (Å²) in [6.45, 7) is 6.47. The van der Waals surface area contributed by atoms with Gasteiger partial charge in [-0.3, -0.25) is 4.79 Å². The number of carbonyl (C=O) groups is 1. The third-order valence-electron chi connectivity index (χ3n) is 4.60. The second kappa shape index (κ2) is 12.2. The molecule has 0 saturated carbocycles. The maximum Gasteiger partial charge on any atom is 0.239 e. The molecular formula is C20H28Cl3N5O2. The van der Waals surface area contributed by atoms with Crippen molar-refractivity contribution in [2.24, 2.45) is 5.73 Å². The van der Waals surface area contributed by atoms with E-state index in [-0.39, 0.29) is 36.8 Å². The number of aromatic nitrogens is 2. The highest BCUT2D eigenvalue weighted by molar-refractivity contribution is 6.30. The van der Waals surface area contributed by atoms with E-state index in [0.717, 1.165) is 11.4 Å². The highest BCUT2D eigenvalue weighted by Gasteiger charge is 2.27. The number of nitrogens with two attached hydrogens (primary N) is 1. The number of halogens is 3. The second-order valence-electron chi connectivity index (χ2n) is 7.13. The molecular weight excluding hydrogens is 449 g/mol. The summed E-state index contributed by atoms with van der Waals surface area (Å²) in [7, 11) is 0. The predicted octanol–water partition coefficient (Wildman–Crippen LogP) is 2.98. The Kier molecular flexibility index (Phi) is 10.6. The van der Waals surface area contributed by atoms with E-state index in [9.17, 15) is 4.79 Å². The summed E-state index contributed by atoms with van der Waals surface area (Å²) in [6, 6.07) is 6.86. The lowest BCUT2D eigenvalue weighted by Gasteiger charge is -2.37. The Morgan fingerprint density at radius 3 is 2.40 bits per heavy atom. The molecule has 0 radical (unpaired) electrons. The van der Waals surface area contributed by atoms with Crippen molar-refractivity contribution in [1.82, 2.24) is 14.9 Å². The molecule has 1 aliphatic rings. The molecule has 1 aromatic carbocycles. The van der Waals surface area contributed by atoms with Crippen LogP contribution < -0.4 is 15.4 Å². The summed E-state index contributed by atoms with van der Waals surface area (Å²) in [5, 5.41) is 0.672. The summed E-state index contributed by atoms with van der Waals surface area (Å²) in [5.74, 6) is 1.40. The topological polar surface area (TPSA) is 84.6 Å². The molecule has 0 unspecified atom stereocenters. The van der Waals surface area contributed by atoms with Crippen molar-refractivity contribution >= 4 is 48.1 Å². The van der Waals surface area contributed by atoms with Gasteiger partial charge in [0.2, 0.25) is 5.91 Å². The number of rotatable bonds is 6. The van der Waals surface area contributed by atoms with Crippen LogP contribution in [0.4, 0.5) is 5.82 Å². The van der Waals surface area contributed by atoms with Crippen LogP contribution in [0.1, 0.15) is 19.4 Å². The van der Waals surface area contributed by atoms with E-state index in [1.165, 1.54) is 6.33 Å². The van der Waals surface area contributed by atoms with E-state index in [4.69, 9.17) is 22.1 Å². The lowest BCUT2D eigenvalue weighted by Crippen LogP contribution is -2.54. The number of amides is 1. The van der Waals surface area contributed by atoms with Gasteiger partial charge in [-0.15, -0.1) is 24.8 Å². The summed E-state index contributed by atoms with van der Waals surface area (Å²) >= 11 is 5.91. The molecule has 2 heterocycles. The fourth-order valence-electron chi connectivity index (χ4n) is 3.22. The van der Waals surface area contributed by atoms with Gasteiger partial charge >= 0.3 is 0 Å². The number of carbonyl (C=O) groups excluding carboxylic acids is 1. The minimum absolute atomic E-state index is 0. The van der Waals surface area contributed by atoms with Gasteiger partial charge in [0.05, 0.1) is 18.3 Å². The molecule has 7 nitrogen and oxygen atoms in total. The summed E-state index contributed by atoms with van der Waals surface area (Å²) in [4.78, 5) is 25.1. The van der Waals surface area contributed by atoms with Crippen LogP contribution in [-0.2, 0) is 11.2 Å². The minimum atomic E-state index is -0.563. The van der Waals surface area contributed by atoms with Gasteiger partial charge in [-0.2, -0.15) is 0 Å². The molecule has 3 rings (SSSR count). The molecule has 1 saturated heterocycles. The van der Waals surface area contributed by atoms with Crippen molar-refractivity contribution in [3.63, 3.8) is 0 Å². The monoisotopic (exact) mass is 475 g/mol. The first kappa shape index (κ1) is 26.2. The van der Waals surface area contributed by atoms with Crippen LogP contribution in [0.15, 0.2) is 36.8 Å². The maximum absolute atomic E-state index is 12.7. The van der Waals surface area contributed by atoms with E-state index in [1.807, 2.05) is 43.0 Å². The van der Waals surface area contributed by atoms with Crippen molar-refractivity contribution in [2.75, 3.05) is 31.1 Å². The number of hydrogen-bond acceptors (Lipinski definition) is 6. The van der Waals surface area contributed by atoms with Crippen molar-refractivity contribution in [2.45, 2.75) is 32.4 Å². The number of hydrogen-bond donors (Lipinski definition) is 1. The van der Waals surface area contributed by atoms with Crippen LogP contribution in [-0.4, -0.2) is 59.1 Å². The van der Waals surface area contributed by atoms with Crippen molar-refractivity contribution < 1.29 is 9.53 Å². The fourth-order valence-corrected chi connectivity index (χ4v) is 3.35. The number of ether oxygens (including phenoxy) is 1. The normalized spacial score (nSPS) is 14.6. The molecule has 2 aromatic rings. The first-order valence-corrected chi connectivity index (χ1v) is 9.82. The molecule has 1 amide bonds. The van der Waals surface area contributed by atoms with Gasteiger partial charge in [-0.25, -0.2) is 9.97 Å². The molecule has 10 heteroatoms. The second-order valence-corrected chi connectivity index (χ2v) is 7.56. The molecule has 1 aromatic heterocycles. The van der Waals surface area contributed by atoms with Crippen molar-refractivity contribution in [1.29, 1.82) is 0 Å². The molecule has 166 valence electrons. The Bertz CT molecular complexity index is 799. The molecule has 0 aliphatic carbocycles. The van der Waals surface area contributed by atoms with Gasteiger partial charge < -0.3 is 20.3 Å². The minimum Gasteiger partial charge on any atom is -0.486 e. The Hall–Kier alpha value is -1.80. The van der Waals surface area contributed by atoms with E-state index in [2.05, 4.69) is 14.9 Å². The molecule has 0 bridgehead atoms. The number of anilines is 1. The molecule has 2 N–H and O–H groups in total. The molecule has 1 fully saturated rings. The van der Waals surface area contributed by atoms with Gasteiger partial charge in [0.1, 0.15) is 6.33 Å². The molecule has 1 atom stereocenters. The third kappa shape index (κ3) is 6.87. The molecule has 0 spiro atoms. The summed E-state index contributed by atoms with van der Waals surface area (Å²) in [5.41, 5.74) is 7.16. The largest absolute Gasteiger partial charge is 0.486 e. The van der Waals surface area contributed by atoms with Crippen LogP contribution in [0.25, 0.3) is 0 Å². The van der Waals surface area contributed by atoms with Gasteiger partial charge in [0, 0.05) is 31.2 Å². The maximum atomic E-state index is 12.7. The van der Waals surface area contributed by atoms with Gasteiger partial charge in [-0.1, -0.05) is 23.7 Å². The Morgan fingerprint density at radius 2 is 1.80 bits per heavy atom. The standard InChI is InChI=1S/C20H26ClN5O2.2ClH/c1-14(2)28-18-12-23-13-24-19(18)25-7-9-26(10-8-25)20(27)17(22)11-15-3-5-16(21)6-4-15;;/h3-6,12-14,17H,7-11,22H2,1-2H3;2*1H/t17-;;/m1../s1. The van der Waals surface area contributed by atoms with E-state index in [0.29, 0.717) is 43.4 Å². The van der Waals surface area contributed by atoms with Crippen LogP contribution in [0.3, 0.4) is 0 Å².